The Hall–Kier alpha value is -2.21. The molecule has 1 aromatic carbocycles. The van der Waals surface area contributed by atoms with Crippen LogP contribution in [0.4, 0.5) is 0 Å². The molecule has 9 N–H and O–H groups in total. The fourth-order valence-electron chi connectivity index (χ4n) is 6.40. The van der Waals surface area contributed by atoms with Gasteiger partial charge in [-0.1, -0.05) is 62.8 Å². The molecule has 3 rings (SSSR count). The maximum Gasteiger partial charge on any atom is 0.220 e. The second-order valence-electron chi connectivity index (χ2n) is 14.0. The molecule has 2 heterocycles. The largest absolute Gasteiger partial charge is 0.508 e. The van der Waals surface area contributed by atoms with Gasteiger partial charge in [0.25, 0.3) is 0 Å². The molecule has 2 fully saturated rings. The van der Waals surface area contributed by atoms with Crippen molar-refractivity contribution in [1.29, 1.82) is 0 Å². The lowest BCUT2D eigenvalue weighted by Crippen LogP contribution is -2.64. The highest BCUT2D eigenvalue weighted by Crippen LogP contribution is 2.30. The standard InChI is InChI=1S/C38H63NO13/c1-25(49-38-36(34(47)32(45)29(24-41)51-38)52-37-35(48)33(46)31(44)28(23-40)50-37)15-13-11-9-7-5-3-2-4-6-8-10-12-14-16-30(43)39-22-21-26-17-19-27(42)20-18-26/h2-3,17-20,25,28-29,31-38,40-42,44-48H,4-16,21-24H2,1H3,(H,39,43)/b3-2+/t25?,28-,29-,31-,32-,33+,34+,35-,36-,37+,38-/m1/s1. The number of phenols is 1. The molecule has 14 heteroatoms. The maximum atomic E-state index is 12.0. The molecule has 0 aliphatic carbocycles. The van der Waals surface area contributed by atoms with Crippen LogP contribution >= 0.6 is 0 Å². The van der Waals surface area contributed by atoms with E-state index < -0.39 is 74.6 Å². The van der Waals surface area contributed by atoms with Crippen molar-refractivity contribution >= 4 is 5.91 Å². The highest BCUT2D eigenvalue weighted by atomic mass is 16.8. The summed E-state index contributed by atoms with van der Waals surface area (Å²) < 4.78 is 22.9. The van der Waals surface area contributed by atoms with Crippen molar-refractivity contribution in [2.45, 2.75) is 164 Å². The molecule has 1 unspecified atom stereocenters. The second-order valence-corrected chi connectivity index (χ2v) is 14.0. The first-order chi connectivity index (χ1) is 25.0. The number of hydrogen-bond donors (Lipinski definition) is 9. The number of unbranched alkanes of at least 4 members (excludes halogenated alkanes) is 9. The summed E-state index contributed by atoms with van der Waals surface area (Å²) in [4.78, 5) is 12.0. The summed E-state index contributed by atoms with van der Waals surface area (Å²) in [5, 5.41) is 83.2. The molecule has 0 saturated carbocycles. The Morgan fingerprint density at radius 2 is 1.31 bits per heavy atom. The van der Waals surface area contributed by atoms with Gasteiger partial charge in [-0.25, -0.2) is 0 Å². The quantitative estimate of drug-likeness (QED) is 0.0544. The van der Waals surface area contributed by atoms with E-state index in [0.29, 0.717) is 19.4 Å². The lowest BCUT2D eigenvalue weighted by atomic mass is 9.97. The van der Waals surface area contributed by atoms with Crippen LogP contribution in [0, 0.1) is 0 Å². The van der Waals surface area contributed by atoms with Crippen LogP contribution in [0.3, 0.4) is 0 Å². The van der Waals surface area contributed by atoms with Crippen LogP contribution < -0.4 is 5.32 Å². The fourth-order valence-corrected chi connectivity index (χ4v) is 6.40. The van der Waals surface area contributed by atoms with E-state index in [1.807, 2.05) is 19.1 Å². The number of ether oxygens (including phenoxy) is 4. The fraction of sp³-hybridized carbons (Fsp3) is 0.763. The Morgan fingerprint density at radius 3 is 1.94 bits per heavy atom. The molecule has 11 atom stereocenters. The van der Waals surface area contributed by atoms with E-state index in [-0.39, 0.29) is 17.8 Å². The lowest BCUT2D eigenvalue weighted by molar-refractivity contribution is -0.371. The molecular formula is C38H63NO13. The van der Waals surface area contributed by atoms with Crippen molar-refractivity contribution in [3.63, 3.8) is 0 Å². The smallest absolute Gasteiger partial charge is 0.220 e. The Morgan fingerprint density at radius 1 is 0.750 bits per heavy atom. The maximum absolute atomic E-state index is 12.0. The molecule has 2 aliphatic rings. The molecule has 2 saturated heterocycles. The minimum Gasteiger partial charge on any atom is -0.508 e. The molecule has 1 aromatic rings. The SMILES string of the molecule is CC(CCCCCC/C=C/CCCCCCCC(=O)NCCc1ccc(O)cc1)O[C@@H]1O[C@H](CO)[C@@H](O)[C@H](O)[C@H]1O[C@@H]1O[C@H](CO)[C@@H](O)[C@H](O)[C@H]1O. The van der Waals surface area contributed by atoms with Gasteiger partial charge in [-0.3, -0.25) is 4.79 Å². The number of hydrogen-bond acceptors (Lipinski definition) is 13. The predicted molar refractivity (Wildman–Crippen MR) is 191 cm³/mol. The summed E-state index contributed by atoms with van der Waals surface area (Å²) in [6.07, 6.45) is 2.90. The lowest BCUT2D eigenvalue weighted by Gasteiger charge is -2.46. The minimum atomic E-state index is -1.72. The molecular weight excluding hydrogens is 678 g/mol. The number of aromatic hydroxyl groups is 1. The van der Waals surface area contributed by atoms with Crippen LogP contribution in [0.15, 0.2) is 36.4 Å². The van der Waals surface area contributed by atoms with E-state index in [4.69, 9.17) is 18.9 Å². The zero-order chi connectivity index (χ0) is 37.9. The van der Waals surface area contributed by atoms with Crippen LogP contribution in [0.25, 0.3) is 0 Å². The number of rotatable bonds is 24. The van der Waals surface area contributed by atoms with Crippen molar-refractivity contribution in [1.82, 2.24) is 5.32 Å². The average molecular weight is 742 g/mol. The molecule has 1 amide bonds. The molecule has 298 valence electrons. The van der Waals surface area contributed by atoms with Gasteiger partial charge in [0.2, 0.25) is 5.91 Å². The van der Waals surface area contributed by atoms with Gasteiger partial charge in [-0.2, -0.15) is 0 Å². The summed E-state index contributed by atoms with van der Waals surface area (Å²) in [7, 11) is 0. The molecule has 0 spiro atoms. The van der Waals surface area contributed by atoms with Gasteiger partial charge in [-0.15, -0.1) is 0 Å². The Labute approximate surface area is 307 Å². The topological polar surface area (TPSA) is 228 Å². The summed E-state index contributed by atoms with van der Waals surface area (Å²) >= 11 is 0. The normalized spacial score (nSPS) is 30.1. The summed E-state index contributed by atoms with van der Waals surface area (Å²) in [5.74, 6) is 0.335. The van der Waals surface area contributed by atoms with Crippen molar-refractivity contribution in [2.24, 2.45) is 0 Å². The zero-order valence-corrected chi connectivity index (χ0v) is 30.5. The number of carbonyl (C=O) groups is 1. The van der Waals surface area contributed by atoms with E-state index >= 15 is 0 Å². The number of amides is 1. The number of benzene rings is 1. The first-order valence-corrected chi connectivity index (χ1v) is 19.0. The summed E-state index contributed by atoms with van der Waals surface area (Å²) in [5.41, 5.74) is 1.08. The Kier molecular flexibility index (Phi) is 20.6. The van der Waals surface area contributed by atoms with Crippen LogP contribution in [-0.4, -0.2) is 134 Å². The summed E-state index contributed by atoms with van der Waals surface area (Å²) in [6.45, 7) is 1.20. The van der Waals surface area contributed by atoms with Gasteiger partial charge in [0.15, 0.2) is 12.6 Å². The minimum absolute atomic E-state index is 0.0918. The number of aliphatic hydroxyl groups is 7. The summed E-state index contributed by atoms with van der Waals surface area (Å²) in [6, 6.07) is 7.03. The van der Waals surface area contributed by atoms with E-state index in [9.17, 15) is 45.6 Å². The average Bonchev–Trinajstić information content (AvgIpc) is 3.13. The van der Waals surface area contributed by atoms with Gasteiger partial charge >= 0.3 is 0 Å². The molecule has 52 heavy (non-hydrogen) atoms. The van der Waals surface area contributed by atoms with Gasteiger partial charge < -0.3 is 65.1 Å². The van der Waals surface area contributed by atoms with Gasteiger partial charge in [0, 0.05) is 13.0 Å². The van der Waals surface area contributed by atoms with Crippen molar-refractivity contribution in [3.05, 3.63) is 42.0 Å². The van der Waals surface area contributed by atoms with E-state index in [0.717, 1.165) is 82.6 Å². The van der Waals surface area contributed by atoms with E-state index in [1.54, 1.807) is 12.1 Å². The molecule has 2 aliphatic heterocycles. The number of aliphatic hydroxyl groups excluding tert-OH is 7. The molecule has 14 nitrogen and oxygen atoms in total. The Bertz CT molecular complexity index is 1140. The molecule has 0 bridgehead atoms. The second kappa shape index (κ2) is 24.2. The third-order valence-corrected chi connectivity index (χ3v) is 9.68. The number of phenolic OH excluding ortho intramolecular Hbond substituents is 1. The zero-order valence-electron chi connectivity index (χ0n) is 30.5. The van der Waals surface area contributed by atoms with E-state index in [1.165, 1.54) is 0 Å². The van der Waals surface area contributed by atoms with Crippen LogP contribution in [0.1, 0.15) is 96.0 Å². The van der Waals surface area contributed by atoms with Crippen LogP contribution in [-0.2, 0) is 30.2 Å². The number of allylic oxidation sites excluding steroid dienone is 2. The first-order valence-electron chi connectivity index (χ1n) is 19.0. The highest BCUT2D eigenvalue weighted by Gasteiger charge is 2.51. The predicted octanol–water partition coefficient (Wildman–Crippen LogP) is 1.71. The van der Waals surface area contributed by atoms with E-state index in [2.05, 4.69) is 17.5 Å². The third-order valence-electron chi connectivity index (χ3n) is 9.68. The highest BCUT2D eigenvalue weighted by molar-refractivity contribution is 5.75. The van der Waals surface area contributed by atoms with Gasteiger partial charge in [0.05, 0.1) is 19.3 Å². The van der Waals surface area contributed by atoms with Crippen LogP contribution in [0.5, 0.6) is 5.75 Å². The third kappa shape index (κ3) is 14.9. The Balaban J connectivity index is 1.22. The van der Waals surface area contributed by atoms with Crippen LogP contribution in [0.2, 0.25) is 0 Å². The number of carbonyl (C=O) groups excluding carboxylic acids is 1. The monoisotopic (exact) mass is 741 g/mol. The van der Waals surface area contributed by atoms with Crippen molar-refractivity contribution < 1.29 is 64.6 Å². The molecule has 0 aromatic heterocycles. The van der Waals surface area contributed by atoms with Crippen molar-refractivity contribution in [3.8, 4) is 5.75 Å². The van der Waals surface area contributed by atoms with Gasteiger partial charge in [-0.05, 0) is 69.6 Å². The molecule has 0 radical (unpaired) electrons. The number of nitrogens with one attached hydrogen (secondary N) is 1. The first kappa shape index (κ1) is 44.2. The van der Waals surface area contributed by atoms with Gasteiger partial charge in [0.1, 0.15) is 54.6 Å². The van der Waals surface area contributed by atoms with Crippen molar-refractivity contribution in [2.75, 3.05) is 19.8 Å².